The van der Waals surface area contributed by atoms with E-state index in [1.165, 1.54) is 18.4 Å². The highest BCUT2D eigenvalue weighted by atomic mass is 16.2. The first kappa shape index (κ1) is 13.8. The second-order valence-corrected chi connectivity index (χ2v) is 4.45. The Bertz CT molecular complexity index is 321. The fourth-order valence-corrected chi connectivity index (χ4v) is 1.89. The Morgan fingerprint density at radius 1 is 1.12 bits per heavy atom. The van der Waals surface area contributed by atoms with E-state index >= 15 is 0 Å². The van der Waals surface area contributed by atoms with Crippen LogP contribution in [0, 0.1) is 0 Å². The molecule has 1 amide bonds. The molecule has 0 aromatic heterocycles. The first-order chi connectivity index (χ1) is 8.24. The van der Waals surface area contributed by atoms with E-state index in [-0.39, 0.29) is 5.91 Å². The molecule has 0 aliphatic carbocycles. The van der Waals surface area contributed by atoms with Crippen LogP contribution in [0.2, 0.25) is 0 Å². The average molecular weight is 233 g/mol. The van der Waals surface area contributed by atoms with E-state index in [1.54, 1.807) is 6.92 Å². The van der Waals surface area contributed by atoms with Gasteiger partial charge in [-0.2, -0.15) is 0 Å². The maximum Gasteiger partial charge on any atom is 0.219 e. The van der Waals surface area contributed by atoms with Crippen molar-refractivity contribution in [3.63, 3.8) is 0 Å². The van der Waals surface area contributed by atoms with Gasteiger partial charge in [-0.05, 0) is 18.4 Å². The van der Waals surface area contributed by atoms with E-state index in [2.05, 4.69) is 19.1 Å². The summed E-state index contributed by atoms with van der Waals surface area (Å²) in [4.78, 5) is 13.4. The molecule has 17 heavy (non-hydrogen) atoms. The summed E-state index contributed by atoms with van der Waals surface area (Å²) >= 11 is 0. The highest BCUT2D eigenvalue weighted by Crippen LogP contribution is 2.04. The second kappa shape index (κ2) is 7.88. The van der Waals surface area contributed by atoms with Crippen LogP contribution in [0.3, 0.4) is 0 Å². The van der Waals surface area contributed by atoms with E-state index in [0.717, 1.165) is 25.9 Å². The maximum atomic E-state index is 11.5. The summed E-state index contributed by atoms with van der Waals surface area (Å²) in [6.07, 6.45) is 4.47. The highest BCUT2D eigenvalue weighted by Gasteiger charge is 2.07. The Balaban J connectivity index is 2.36. The molecule has 0 N–H and O–H groups in total. The molecule has 0 saturated carbocycles. The number of hydrogen-bond donors (Lipinski definition) is 0. The van der Waals surface area contributed by atoms with Gasteiger partial charge in [0.25, 0.3) is 0 Å². The minimum atomic E-state index is 0.192. The fourth-order valence-electron chi connectivity index (χ4n) is 1.89. The van der Waals surface area contributed by atoms with Crippen molar-refractivity contribution in [3.8, 4) is 0 Å². The zero-order valence-corrected chi connectivity index (χ0v) is 11.0. The summed E-state index contributed by atoms with van der Waals surface area (Å²) < 4.78 is 0. The van der Waals surface area contributed by atoms with Gasteiger partial charge in [0, 0.05) is 20.0 Å². The molecule has 0 spiro atoms. The number of unbranched alkanes of at least 4 members (excludes halogenated alkanes) is 2. The number of rotatable bonds is 7. The third-order valence-corrected chi connectivity index (χ3v) is 2.99. The van der Waals surface area contributed by atoms with E-state index < -0.39 is 0 Å². The first-order valence-electron chi connectivity index (χ1n) is 6.53. The zero-order chi connectivity index (χ0) is 12.5. The second-order valence-electron chi connectivity index (χ2n) is 4.45. The minimum Gasteiger partial charge on any atom is -0.343 e. The van der Waals surface area contributed by atoms with Gasteiger partial charge in [-0.1, -0.05) is 50.1 Å². The molecule has 2 nitrogen and oxygen atoms in total. The third-order valence-electron chi connectivity index (χ3n) is 2.99. The molecule has 1 rings (SSSR count). The molecule has 0 heterocycles. The molecular weight excluding hydrogens is 210 g/mol. The predicted molar refractivity (Wildman–Crippen MR) is 71.9 cm³/mol. The molecule has 0 aliphatic rings. The summed E-state index contributed by atoms with van der Waals surface area (Å²) in [6.45, 7) is 5.58. The summed E-state index contributed by atoms with van der Waals surface area (Å²) in [6, 6.07) is 10.3. The van der Waals surface area contributed by atoms with Gasteiger partial charge in [0.05, 0.1) is 0 Å². The molecule has 0 aliphatic heterocycles. The molecule has 0 atom stereocenters. The van der Waals surface area contributed by atoms with Crippen LogP contribution < -0.4 is 0 Å². The molecule has 0 radical (unpaired) electrons. The average Bonchev–Trinajstić information content (AvgIpc) is 2.34. The van der Waals surface area contributed by atoms with Crippen LogP contribution in [0.1, 0.15) is 38.7 Å². The number of hydrogen-bond acceptors (Lipinski definition) is 1. The Labute approximate surface area is 105 Å². The summed E-state index contributed by atoms with van der Waals surface area (Å²) in [5.41, 5.74) is 1.30. The van der Waals surface area contributed by atoms with E-state index in [4.69, 9.17) is 0 Å². The van der Waals surface area contributed by atoms with Gasteiger partial charge in [-0.15, -0.1) is 0 Å². The molecule has 0 unspecified atom stereocenters. The lowest BCUT2D eigenvalue weighted by atomic mass is 10.1. The van der Waals surface area contributed by atoms with Gasteiger partial charge in [0.1, 0.15) is 0 Å². The number of nitrogens with zero attached hydrogens (tertiary/aromatic N) is 1. The fraction of sp³-hybridized carbons (Fsp3) is 0.533. The van der Waals surface area contributed by atoms with Crippen molar-refractivity contribution in [2.75, 3.05) is 13.1 Å². The summed E-state index contributed by atoms with van der Waals surface area (Å²) in [7, 11) is 0. The highest BCUT2D eigenvalue weighted by molar-refractivity contribution is 5.73. The van der Waals surface area contributed by atoms with E-state index in [9.17, 15) is 4.79 Å². The van der Waals surface area contributed by atoms with Crippen molar-refractivity contribution in [2.24, 2.45) is 0 Å². The lowest BCUT2D eigenvalue weighted by Crippen LogP contribution is -2.31. The van der Waals surface area contributed by atoms with Gasteiger partial charge in [-0.3, -0.25) is 4.79 Å². The van der Waals surface area contributed by atoms with Gasteiger partial charge >= 0.3 is 0 Å². The minimum absolute atomic E-state index is 0.192. The van der Waals surface area contributed by atoms with Crippen LogP contribution in [0.4, 0.5) is 0 Å². The molecule has 0 saturated heterocycles. The third kappa shape index (κ3) is 5.53. The maximum absolute atomic E-state index is 11.5. The topological polar surface area (TPSA) is 20.3 Å². The Hall–Kier alpha value is -1.31. The Kier molecular flexibility index (Phi) is 6.38. The predicted octanol–water partition coefficient (Wildman–Crippen LogP) is 3.27. The lowest BCUT2D eigenvalue weighted by Gasteiger charge is -2.20. The Morgan fingerprint density at radius 2 is 1.82 bits per heavy atom. The molecule has 1 aromatic carbocycles. The molecule has 94 valence electrons. The van der Waals surface area contributed by atoms with Crippen molar-refractivity contribution in [1.29, 1.82) is 0 Å². The monoisotopic (exact) mass is 233 g/mol. The van der Waals surface area contributed by atoms with Gasteiger partial charge < -0.3 is 4.90 Å². The number of carbonyl (C=O) groups excluding carboxylic acids is 1. The SMILES string of the molecule is CCCCCN(CCc1ccccc1)C(C)=O. The van der Waals surface area contributed by atoms with Crippen molar-refractivity contribution in [3.05, 3.63) is 35.9 Å². The summed E-state index contributed by atoms with van der Waals surface area (Å²) in [5, 5.41) is 0. The number of carbonyl (C=O) groups is 1. The van der Waals surface area contributed by atoms with Crippen molar-refractivity contribution >= 4 is 5.91 Å². The van der Waals surface area contributed by atoms with Crippen LogP contribution in [0.25, 0.3) is 0 Å². The van der Waals surface area contributed by atoms with E-state index in [0.29, 0.717) is 0 Å². The molecular formula is C15H23NO. The van der Waals surface area contributed by atoms with Gasteiger partial charge in [0.15, 0.2) is 0 Å². The van der Waals surface area contributed by atoms with Crippen LogP contribution in [-0.4, -0.2) is 23.9 Å². The lowest BCUT2D eigenvalue weighted by molar-refractivity contribution is -0.128. The van der Waals surface area contributed by atoms with Gasteiger partial charge in [0.2, 0.25) is 5.91 Å². The number of amides is 1. The molecule has 0 fully saturated rings. The molecule has 1 aromatic rings. The van der Waals surface area contributed by atoms with Crippen LogP contribution >= 0.6 is 0 Å². The normalized spacial score (nSPS) is 10.2. The largest absolute Gasteiger partial charge is 0.343 e. The van der Waals surface area contributed by atoms with Crippen LogP contribution in [0.5, 0.6) is 0 Å². The van der Waals surface area contributed by atoms with Crippen molar-refractivity contribution < 1.29 is 4.79 Å². The smallest absolute Gasteiger partial charge is 0.219 e. The molecule has 0 bridgehead atoms. The first-order valence-corrected chi connectivity index (χ1v) is 6.53. The summed E-state index contributed by atoms with van der Waals surface area (Å²) in [5.74, 6) is 0.192. The zero-order valence-electron chi connectivity index (χ0n) is 11.0. The van der Waals surface area contributed by atoms with Crippen LogP contribution in [-0.2, 0) is 11.2 Å². The van der Waals surface area contributed by atoms with Crippen molar-refractivity contribution in [2.45, 2.75) is 39.5 Å². The van der Waals surface area contributed by atoms with Crippen molar-refractivity contribution in [1.82, 2.24) is 4.90 Å². The van der Waals surface area contributed by atoms with E-state index in [1.807, 2.05) is 23.1 Å². The molecule has 2 heteroatoms. The standard InChI is InChI=1S/C15H23NO/c1-3-4-8-12-16(14(2)17)13-11-15-9-6-5-7-10-15/h5-7,9-10H,3-4,8,11-13H2,1-2H3. The van der Waals surface area contributed by atoms with Crippen LogP contribution in [0.15, 0.2) is 30.3 Å². The number of benzene rings is 1. The quantitative estimate of drug-likeness (QED) is 0.662. The Morgan fingerprint density at radius 3 is 2.41 bits per heavy atom. The van der Waals surface area contributed by atoms with Gasteiger partial charge in [-0.25, -0.2) is 0 Å².